The monoisotopic (exact) mass is 306 g/mol. The fourth-order valence-electron chi connectivity index (χ4n) is 2.68. The highest BCUT2D eigenvalue weighted by Crippen LogP contribution is 2.42. The van der Waals surface area contributed by atoms with Crippen LogP contribution in [0, 0.1) is 0 Å². The number of amides is 2. The van der Waals surface area contributed by atoms with E-state index in [0.29, 0.717) is 44.0 Å². The van der Waals surface area contributed by atoms with E-state index in [1.165, 1.54) is 0 Å². The number of aliphatic carboxylic acids is 1. The molecule has 2 N–H and O–H groups in total. The number of carbonyl (C=O) groups is 2. The number of para-hydroxylation sites is 2. The molecule has 118 valence electrons. The molecule has 0 radical (unpaired) electrons. The molecule has 1 aromatic carbocycles. The van der Waals surface area contributed by atoms with Crippen molar-refractivity contribution in [3.63, 3.8) is 0 Å². The SMILES string of the molecule is O=C(O)CCCNC(=O)N1CCC2(C1)Oc1ccccc1O2. The predicted molar refractivity (Wildman–Crippen MR) is 76.9 cm³/mol. The molecular weight excluding hydrogens is 288 g/mol. The average molecular weight is 306 g/mol. The first-order chi connectivity index (χ1) is 10.6. The van der Waals surface area contributed by atoms with Gasteiger partial charge in [-0.1, -0.05) is 12.1 Å². The number of nitrogens with zero attached hydrogens (tertiary/aromatic N) is 1. The van der Waals surface area contributed by atoms with Gasteiger partial charge in [0.05, 0.1) is 6.54 Å². The summed E-state index contributed by atoms with van der Waals surface area (Å²) in [5, 5.41) is 11.3. The van der Waals surface area contributed by atoms with Crippen molar-refractivity contribution in [2.75, 3.05) is 19.6 Å². The molecule has 1 saturated heterocycles. The number of urea groups is 1. The fraction of sp³-hybridized carbons (Fsp3) is 0.467. The van der Waals surface area contributed by atoms with Gasteiger partial charge in [-0.05, 0) is 18.6 Å². The summed E-state index contributed by atoms with van der Waals surface area (Å²) in [5.41, 5.74) is 0. The van der Waals surface area contributed by atoms with E-state index in [1.807, 2.05) is 24.3 Å². The summed E-state index contributed by atoms with van der Waals surface area (Å²) in [4.78, 5) is 24.1. The Hall–Kier alpha value is -2.44. The Kier molecular flexibility index (Phi) is 3.79. The fourth-order valence-corrected chi connectivity index (χ4v) is 2.68. The lowest BCUT2D eigenvalue weighted by molar-refractivity contribution is -0.137. The van der Waals surface area contributed by atoms with E-state index in [1.54, 1.807) is 4.90 Å². The third-order valence-electron chi connectivity index (χ3n) is 3.77. The van der Waals surface area contributed by atoms with Crippen LogP contribution in [0.25, 0.3) is 0 Å². The maximum Gasteiger partial charge on any atom is 0.317 e. The molecule has 7 heteroatoms. The number of likely N-dealkylation sites (tertiary alicyclic amines) is 1. The minimum Gasteiger partial charge on any atom is -0.481 e. The first-order valence-corrected chi connectivity index (χ1v) is 7.30. The molecule has 1 fully saturated rings. The molecule has 1 aromatic rings. The maximum atomic E-state index is 12.1. The van der Waals surface area contributed by atoms with Gasteiger partial charge in [-0.2, -0.15) is 0 Å². The van der Waals surface area contributed by atoms with Crippen LogP contribution in [0.2, 0.25) is 0 Å². The number of carboxylic acids is 1. The highest BCUT2D eigenvalue weighted by Gasteiger charge is 2.48. The van der Waals surface area contributed by atoms with E-state index in [-0.39, 0.29) is 12.5 Å². The maximum absolute atomic E-state index is 12.1. The first kappa shape index (κ1) is 14.5. The Morgan fingerprint density at radius 1 is 1.27 bits per heavy atom. The largest absolute Gasteiger partial charge is 0.481 e. The van der Waals surface area contributed by atoms with Gasteiger partial charge in [-0.15, -0.1) is 0 Å². The summed E-state index contributed by atoms with van der Waals surface area (Å²) in [6.07, 6.45) is 1.06. The molecular formula is C15H18N2O5. The second-order valence-corrected chi connectivity index (χ2v) is 5.46. The van der Waals surface area contributed by atoms with E-state index in [2.05, 4.69) is 5.32 Å². The van der Waals surface area contributed by atoms with Crippen molar-refractivity contribution in [3.8, 4) is 11.5 Å². The van der Waals surface area contributed by atoms with Gasteiger partial charge in [-0.3, -0.25) is 4.79 Å². The Labute approximate surface area is 127 Å². The van der Waals surface area contributed by atoms with Crippen molar-refractivity contribution in [1.82, 2.24) is 10.2 Å². The first-order valence-electron chi connectivity index (χ1n) is 7.30. The van der Waals surface area contributed by atoms with E-state index in [0.717, 1.165) is 0 Å². The van der Waals surface area contributed by atoms with Gasteiger partial charge >= 0.3 is 12.0 Å². The molecule has 2 aliphatic rings. The Bertz CT molecular complexity index is 564. The molecule has 22 heavy (non-hydrogen) atoms. The zero-order valence-electron chi connectivity index (χ0n) is 12.1. The summed E-state index contributed by atoms with van der Waals surface area (Å²) < 4.78 is 11.7. The van der Waals surface area contributed by atoms with Gasteiger partial charge in [0.1, 0.15) is 0 Å². The normalized spacial score (nSPS) is 17.7. The Morgan fingerprint density at radius 3 is 2.59 bits per heavy atom. The smallest absolute Gasteiger partial charge is 0.317 e. The lowest BCUT2D eigenvalue weighted by Gasteiger charge is -2.23. The number of fused-ring (bicyclic) bond motifs is 1. The van der Waals surface area contributed by atoms with Crippen LogP contribution in [0.5, 0.6) is 11.5 Å². The van der Waals surface area contributed by atoms with Crippen LogP contribution in [0.4, 0.5) is 4.79 Å². The minimum atomic E-state index is -0.861. The van der Waals surface area contributed by atoms with E-state index >= 15 is 0 Å². The molecule has 3 rings (SSSR count). The second-order valence-electron chi connectivity index (χ2n) is 5.46. The van der Waals surface area contributed by atoms with Gasteiger partial charge in [0.15, 0.2) is 11.5 Å². The number of rotatable bonds is 4. The van der Waals surface area contributed by atoms with Crippen LogP contribution >= 0.6 is 0 Å². The highest BCUT2D eigenvalue weighted by molar-refractivity contribution is 5.74. The molecule has 0 saturated carbocycles. The quantitative estimate of drug-likeness (QED) is 0.822. The van der Waals surface area contributed by atoms with Crippen LogP contribution in [0.3, 0.4) is 0 Å². The van der Waals surface area contributed by atoms with Crippen LogP contribution in [-0.2, 0) is 4.79 Å². The lowest BCUT2D eigenvalue weighted by Crippen LogP contribution is -2.45. The number of hydrogen-bond acceptors (Lipinski definition) is 4. The van der Waals surface area contributed by atoms with Crippen molar-refractivity contribution in [3.05, 3.63) is 24.3 Å². The molecule has 0 aliphatic carbocycles. The summed E-state index contributed by atoms with van der Waals surface area (Å²) >= 11 is 0. The standard InChI is InChI=1S/C15H18N2O5/c18-13(19)6-3-8-16-14(20)17-9-7-15(10-17)21-11-4-1-2-5-12(11)22-15/h1-2,4-5H,3,6-10H2,(H,16,20)(H,18,19). The zero-order valence-corrected chi connectivity index (χ0v) is 12.1. The molecule has 0 unspecified atom stereocenters. The van der Waals surface area contributed by atoms with Crippen LogP contribution in [-0.4, -0.2) is 47.4 Å². The summed E-state index contributed by atoms with van der Waals surface area (Å²) in [5.74, 6) is -0.250. The number of benzene rings is 1. The summed E-state index contributed by atoms with van der Waals surface area (Å²) in [7, 11) is 0. The molecule has 0 bridgehead atoms. The Morgan fingerprint density at radius 2 is 1.95 bits per heavy atom. The molecule has 7 nitrogen and oxygen atoms in total. The molecule has 1 spiro atoms. The number of hydrogen-bond donors (Lipinski definition) is 2. The summed E-state index contributed by atoms with van der Waals surface area (Å²) in [6.45, 7) is 1.24. The van der Waals surface area contributed by atoms with Gasteiger partial charge < -0.3 is 24.8 Å². The molecule has 2 amide bonds. The Balaban J connectivity index is 1.51. The van der Waals surface area contributed by atoms with Crippen molar-refractivity contribution in [2.24, 2.45) is 0 Å². The number of carbonyl (C=O) groups excluding carboxylic acids is 1. The number of ether oxygens (including phenoxy) is 2. The minimum absolute atomic E-state index is 0.0474. The van der Waals surface area contributed by atoms with Gasteiger partial charge in [-0.25, -0.2) is 4.79 Å². The van der Waals surface area contributed by atoms with Crippen molar-refractivity contribution < 1.29 is 24.2 Å². The number of nitrogens with one attached hydrogen (secondary N) is 1. The predicted octanol–water partition coefficient (Wildman–Crippen LogP) is 1.43. The molecule has 2 heterocycles. The average Bonchev–Trinajstić information content (AvgIpc) is 3.06. The van der Waals surface area contributed by atoms with E-state index < -0.39 is 11.8 Å². The van der Waals surface area contributed by atoms with Crippen LogP contribution < -0.4 is 14.8 Å². The summed E-state index contributed by atoms with van der Waals surface area (Å²) in [6, 6.07) is 7.23. The van der Waals surface area contributed by atoms with E-state index in [9.17, 15) is 9.59 Å². The van der Waals surface area contributed by atoms with Gasteiger partial charge in [0, 0.05) is 25.9 Å². The molecule has 0 aromatic heterocycles. The third-order valence-corrected chi connectivity index (χ3v) is 3.77. The van der Waals surface area contributed by atoms with Crippen molar-refractivity contribution >= 4 is 12.0 Å². The number of carboxylic acid groups (broad SMARTS) is 1. The zero-order chi connectivity index (χ0) is 15.6. The van der Waals surface area contributed by atoms with Crippen LogP contribution in [0.1, 0.15) is 19.3 Å². The topological polar surface area (TPSA) is 88.1 Å². The van der Waals surface area contributed by atoms with Crippen molar-refractivity contribution in [1.29, 1.82) is 0 Å². The lowest BCUT2D eigenvalue weighted by atomic mass is 10.2. The van der Waals surface area contributed by atoms with Crippen LogP contribution in [0.15, 0.2) is 24.3 Å². The third kappa shape index (κ3) is 2.93. The van der Waals surface area contributed by atoms with Gasteiger partial charge in [0.25, 0.3) is 5.79 Å². The van der Waals surface area contributed by atoms with Gasteiger partial charge in [0.2, 0.25) is 0 Å². The molecule has 2 aliphatic heterocycles. The second kappa shape index (κ2) is 5.75. The van der Waals surface area contributed by atoms with Crippen molar-refractivity contribution in [2.45, 2.75) is 25.0 Å². The highest BCUT2D eigenvalue weighted by atomic mass is 16.7. The van der Waals surface area contributed by atoms with E-state index in [4.69, 9.17) is 14.6 Å². The molecule has 0 atom stereocenters.